The van der Waals surface area contributed by atoms with Crippen LogP contribution in [0.15, 0.2) is 12.4 Å². The highest BCUT2D eigenvalue weighted by atomic mass is 16.2. The van der Waals surface area contributed by atoms with E-state index in [2.05, 4.69) is 10.00 Å². The molecule has 1 unspecified atom stereocenters. The molecule has 0 radical (unpaired) electrons. The molecule has 2 fully saturated rings. The van der Waals surface area contributed by atoms with Crippen molar-refractivity contribution in [1.82, 2.24) is 24.5 Å². The molecule has 7 heteroatoms. The third kappa shape index (κ3) is 3.55. The number of aromatic nitrogens is 2. The number of piperazine rings is 1. The number of hydrogen-bond acceptors (Lipinski definition) is 4. The fraction of sp³-hybridized carbons (Fsp3) is 0.688. The molecule has 1 atom stereocenters. The van der Waals surface area contributed by atoms with E-state index in [1.165, 1.54) is 5.56 Å². The number of likely N-dealkylation sites (tertiary alicyclic amines) is 1. The number of rotatable bonds is 3. The van der Waals surface area contributed by atoms with Gasteiger partial charge in [0.1, 0.15) is 0 Å². The summed E-state index contributed by atoms with van der Waals surface area (Å²) in [5.74, 6) is 0.261. The third-order valence-electron chi connectivity index (χ3n) is 4.89. The van der Waals surface area contributed by atoms with Gasteiger partial charge in [-0.2, -0.15) is 5.10 Å². The van der Waals surface area contributed by atoms with Crippen LogP contribution in [0.25, 0.3) is 0 Å². The van der Waals surface area contributed by atoms with E-state index in [0.717, 1.165) is 19.4 Å². The van der Waals surface area contributed by atoms with Crippen molar-refractivity contribution in [2.45, 2.75) is 25.8 Å². The number of carbonyl (C=O) groups is 2. The van der Waals surface area contributed by atoms with Crippen LogP contribution in [0.3, 0.4) is 0 Å². The summed E-state index contributed by atoms with van der Waals surface area (Å²) in [6, 6.07) is 0.297. The molecule has 3 heterocycles. The molecule has 0 aromatic carbocycles. The van der Waals surface area contributed by atoms with Gasteiger partial charge in [0.05, 0.1) is 12.7 Å². The molecule has 1 aromatic rings. The highest BCUT2D eigenvalue weighted by Gasteiger charge is 2.30. The Morgan fingerprint density at radius 2 is 1.87 bits per heavy atom. The Morgan fingerprint density at radius 1 is 1.17 bits per heavy atom. The van der Waals surface area contributed by atoms with E-state index in [1.54, 1.807) is 11.8 Å². The molecule has 0 aliphatic carbocycles. The second-order valence-electron chi connectivity index (χ2n) is 6.46. The average molecular weight is 319 g/mol. The molecule has 7 nitrogen and oxygen atoms in total. The smallest absolute Gasteiger partial charge is 0.236 e. The molecule has 126 valence electrons. The Balaban J connectivity index is 1.56. The molecule has 1 aromatic heterocycles. The molecule has 3 rings (SSSR count). The van der Waals surface area contributed by atoms with Crippen LogP contribution in [0.4, 0.5) is 0 Å². The van der Waals surface area contributed by atoms with Crippen LogP contribution < -0.4 is 0 Å². The van der Waals surface area contributed by atoms with Gasteiger partial charge in [0, 0.05) is 58.0 Å². The van der Waals surface area contributed by atoms with Crippen molar-refractivity contribution >= 4 is 11.8 Å². The van der Waals surface area contributed by atoms with E-state index in [-0.39, 0.29) is 11.8 Å². The van der Waals surface area contributed by atoms with Gasteiger partial charge in [-0.15, -0.1) is 0 Å². The van der Waals surface area contributed by atoms with Crippen LogP contribution in [0.5, 0.6) is 0 Å². The summed E-state index contributed by atoms with van der Waals surface area (Å²) in [7, 11) is 1.92. The van der Waals surface area contributed by atoms with Gasteiger partial charge in [0.2, 0.25) is 11.8 Å². The number of amides is 2. The van der Waals surface area contributed by atoms with Gasteiger partial charge in [0.15, 0.2) is 0 Å². The van der Waals surface area contributed by atoms with Crippen LogP contribution in [-0.2, 0) is 16.6 Å². The summed E-state index contributed by atoms with van der Waals surface area (Å²) in [6.45, 7) is 5.58. The van der Waals surface area contributed by atoms with E-state index in [1.807, 2.05) is 29.0 Å². The van der Waals surface area contributed by atoms with Crippen LogP contribution in [-0.4, -0.2) is 75.6 Å². The Kier molecular flexibility index (Phi) is 4.66. The third-order valence-corrected chi connectivity index (χ3v) is 4.89. The van der Waals surface area contributed by atoms with E-state index in [9.17, 15) is 9.59 Å². The maximum Gasteiger partial charge on any atom is 0.236 e. The first-order chi connectivity index (χ1) is 11.0. The van der Waals surface area contributed by atoms with E-state index >= 15 is 0 Å². The van der Waals surface area contributed by atoms with E-state index in [0.29, 0.717) is 38.8 Å². The van der Waals surface area contributed by atoms with Gasteiger partial charge >= 0.3 is 0 Å². The number of carbonyl (C=O) groups excluding carboxylic acids is 2. The zero-order valence-electron chi connectivity index (χ0n) is 13.9. The summed E-state index contributed by atoms with van der Waals surface area (Å²) in [6.07, 6.45) is 6.14. The van der Waals surface area contributed by atoms with Crippen molar-refractivity contribution in [3.05, 3.63) is 18.0 Å². The quantitative estimate of drug-likeness (QED) is 0.801. The fourth-order valence-electron chi connectivity index (χ4n) is 3.55. The first kappa shape index (κ1) is 16.0. The standard InChI is InChI=1S/C16H25N5O2/c1-13(22)19-6-8-20(9-7-19)16(23)12-21-5-3-4-15(21)14-10-17-18(2)11-14/h10-11,15H,3-9,12H2,1-2H3. The molecule has 0 bridgehead atoms. The van der Waals surface area contributed by atoms with Gasteiger partial charge in [-0.1, -0.05) is 0 Å². The number of aryl methyl sites for hydroxylation is 1. The van der Waals surface area contributed by atoms with Crippen molar-refractivity contribution in [3.8, 4) is 0 Å². The van der Waals surface area contributed by atoms with Crippen LogP contribution >= 0.6 is 0 Å². The summed E-state index contributed by atoms with van der Waals surface area (Å²) in [5.41, 5.74) is 1.19. The summed E-state index contributed by atoms with van der Waals surface area (Å²) < 4.78 is 1.81. The van der Waals surface area contributed by atoms with Crippen molar-refractivity contribution in [2.75, 3.05) is 39.3 Å². The van der Waals surface area contributed by atoms with Crippen molar-refractivity contribution in [2.24, 2.45) is 7.05 Å². The van der Waals surface area contributed by atoms with E-state index in [4.69, 9.17) is 0 Å². The lowest BCUT2D eigenvalue weighted by Gasteiger charge is -2.35. The number of nitrogens with zero attached hydrogens (tertiary/aromatic N) is 5. The van der Waals surface area contributed by atoms with Gasteiger partial charge in [0.25, 0.3) is 0 Å². The van der Waals surface area contributed by atoms with Gasteiger partial charge in [-0.05, 0) is 19.4 Å². The highest BCUT2D eigenvalue weighted by Crippen LogP contribution is 2.31. The van der Waals surface area contributed by atoms with Crippen LogP contribution in [0, 0.1) is 0 Å². The largest absolute Gasteiger partial charge is 0.339 e. The van der Waals surface area contributed by atoms with Crippen molar-refractivity contribution in [1.29, 1.82) is 0 Å². The molecular formula is C16H25N5O2. The minimum absolute atomic E-state index is 0.0910. The van der Waals surface area contributed by atoms with Gasteiger partial charge in [-0.25, -0.2) is 0 Å². The summed E-state index contributed by atoms with van der Waals surface area (Å²) in [5, 5.41) is 4.25. The monoisotopic (exact) mass is 319 g/mol. The van der Waals surface area contributed by atoms with Gasteiger partial charge in [-0.3, -0.25) is 19.2 Å². The second-order valence-corrected chi connectivity index (χ2v) is 6.46. The molecular weight excluding hydrogens is 294 g/mol. The fourth-order valence-corrected chi connectivity index (χ4v) is 3.55. The zero-order valence-corrected chi connectivity index (χ0v) is 13.9. The minimum Gasteiger partial charge on any atom is -0.339 e. The predicted octanol–water partition coefficient (Wildman–Crippen LogP) is 0.248. The molecule has 2 amide bonds. The Bertz CT molecular complexity index is 577. The number of hydrogen-bond donors (Lipinski definition) is 0. The molecule has 2 aliphatic heterocycles. The van der Waals surface area contributed by atoms with Gasteiger partial charge < -0.3 is 9.80 Å². The first-order valence-electron chi connectivity index (χ1n) is 8.30. The summed E-state index contributed by atoms with van der Waals surface area (Å²) in [4.78, 5) is 29.9. The highest BCUT2D eigenvalue weighted by molar-refractivity contribution is 5.79. The minimum atomic E-state index is 0.0910. The topological polar surface area (TPSA) is 61.7 Å². The molecule has 0 N–H and O–H groups in total. The lowest BCUT2D eigenvalue weighted by molar-refractivity contribution is -0.139. The predicted molar refractivity (Wildman–Crippen MR) is 85.6 cm³/mol. The Morgan fingerprint density at radius 3 is 2.48 bits per heavy atom. The second kappa shape index (κ2) is 6.70. The molecule has 2 aliphatic rings. The summed E-state index contributed by atoms with van der Waals surface area (Å²) >= 11 is 0. The SMILES string of the molecule is CC(=O)N1CCN(C(=O)CN2CCCC2c2cnn(C)c2)CC1. The maximum absolute atomic E-state index is 12.6. The molecule has 2 saturated heterocycles. The zero-order chi connectivity index (χ0) is 16.4. The molecule has 0 spiro atoms. The lowest BCUT2D eigenvalue weighted by Crippen LogP contribution is -2.52. The Hall–Kier alpha value is -1.89. The molecule has 0 saturated carbocycles. The van der Waals surface area contributed by atoms with Crippen molar-refractivity contribution in [3.63, 3.8) is 0 Å². The Labute approximate surface area is 136 Å². The van der Waals surface area contributed by atoms with Crippen LogP contribution in [0.2, 0.25) is 0 Å². The average Bonchev–Trinajstić information content (AvgIpc) is 3.16. The van der Waals surface area contributed by atoms with E-state index < -0.39 is 0 Å². The van der Waals surface area contributed by atoms with Crippen LogP contribution in [0.1, 0.15) is 31.4 Å². The maximum atomic E-state index is 12.6. The lowest BCUT2D eigenvalue weighted by atomic mass is 10.1. The normalized spacial score (nSPS) is 22.6. The first-order valence-corrected chi connectivity index (χ1v) is 8.30. The molecule has 23 heavy (non-hydrogen) atoms. The van der Waals surface area contributed by atoms with Crippen molar-refractivity contribution < 1.29 is 9.59 Å².